The van der Waals surface area contributed by atoms with Gasteiger partial charge >= 0.3 is 12.0 Å². The Labute approximate surface area is 283 Å². The number of amides is 2. The molecule has 3 aromatic carbocycles. The molecular weight excluding hydrogens is 647 g/mol. The largest absolute Gasteiger partial charge is 0.490 e. The molecule has 2 amide bonds. The molecule has 3 aromatic rings. The van der Waals surface area contributed by atoms with Crippen molar-refractivity contribution in [1.29, 1.82) is 0 Å². The fraction of sp³-hybridized carbons (Fsp3) is 0.265. The number of allylic oxidation sites excluding steroid dienone is 2. The zero-order valence-corrected chi connectivity index (χ0v) is 27.7. The Balaban J connectivity index is 1.38. The van der Waals surface area contributed by atoms with Gasteiger partial charge in [0.2, 0.25) is 0 Å². The van der Waals surface area contributed by atoms with Gasteiger partial charge in [0.15, 0.2) is 17.7 Å². The van der Waals surface area contributed by atoms with Gasteiger partial charge in [0.1, 0.15) is 19.0 Å². The van der Waals surface area contributed by atoms with E-state index in [1.54, 1.807) is 49.5 Å². The fourth-order valence-corrected chi connectivity index (χ4v) is 5.07. The van der Waals surface area contributed by atoms with Gasteiger partial charge in [-0.1, -0.05) is 41.4 Å². The normalized spacial score (nSPS) is 15.0. The van der Waals surface area contributed by atoms with Crippen LogP contribution < -0.4 is 30.3 Å². The molecule has 47 heavy (non-hydrogen) atoms. The molecule has 1 aliphatic heterocycles. The summed E-state index contributed by atoms with van der Waals surface area (Å²) in [6, 6.07) is 14.7. The molecule has 0 saturated carbocycles. The SMILES string of the molecule is C=CCc1cc(/C=N\N[C@H](O)COc2ccc([C@H]3NC(=O)NC(C)=C3C(=O)OC)cc2OCC)ccc1OCc1ccc(Cl)c(Cl)c1. The summed E-state index contributed by atoms with van der Waals surface area (Å²) in [6.07, 6.45) is 2.78. The summed E-state index contributed by atoms with van der Waals surface area (Å²) in [4.78, 5) is 24.6. The maximum Gasteiger partial charge on any atom is 0.337 e. The summed E-state index contributed by atoms with van der Waals surface area (Å²) < 4.78 is 22.5. The Kier molecular flexibility index (Phi) is 12.5. The highest BCUT2D eigenvalue weighted by Crippen LogP contribution is 2.35. The lowest BCUT2D eigenvalue weighted by Gasteiger charge is -2.28. The molecule has 248 valence electrons. The van der Waals surface area contributed by atoms with Crippen molar-refractivity contribution in [2.24, 2.45) is 5.10 Å². The van der Waals surface area contributed by atoms with Gasteiger partial charge in [-0.05, 0) is 85.0 Å². The number of hydrazone groups is 1. The Morgan fingerprint density at radius 2 is 1.85 bits per heavy atom. The summed E-state index contributed by atoms with van der Waals surface area (Å²) in [5.74, 6) is 0.841. The van der Waals surface area contributed by atoms with Crippen molar-refractivity contribution in [2.45, 2.75) is 39.1 Å². The molecule has 0 aromatic heterocycles. The molecule has 1 aliphatic rings. The number of rotatable bonds is 15. The Morgan fingerprint density at radius 1 is 1.06 bits per heavy atom. The minimum atomic E-state index is -1.15. The number of urea groups is 1. The van der Waals surface area contributed by atoms with E-state index >= 15 is 0 Å². The zero-order valence-electron chi connectivity index (χ0n) is 26.1. The molecule has 0 bridgehead atoms. The first kappa shape index (κ1) is 35.1. The molecule has 11 nitrogen and oxygen atoms in total. The number of ether oxygens (including phenoxy) is 4. The number of methoxy groups -OCH3 is 1. The highest BCUT2D eigenvalue weighted by Gasteiger charge is 2.32. The number of halogens is 2. The van der Waals surface area contributed by atoms with Gasteiger partial charge in [-0.15, -0.1) is 6.58 Å². The summed E-state index contributed by atoms with van der Waals surface area (Å²) in [6.45, 7) is 7.76. The average Bonchev–Trinajstić information content (AvgIpc) is 3.05. The van der Waals surface area contributed by atoms with E-state index in [1.807, 2.05) is 31.2 Å². The van der Waals surface area contributed by atoms with Crippen LogP contribution in [0.4, 0.5) is 4.79 Å². The fourth-order valence-electron chi connectivity index (χ4n) is 4.75. The minimum Gasteiger partial charge on any atom is -0.490 e. The molecule has 0 unspecified atom stereocenters. The third-order valence-corrected chi connectivity index (χ3v) is 7.68. The molecule has 0 fully saturated rings. The van der Waals surface area contributed by atoms with Crippen LogP contribution in [0.15, 0.2) is 83.6 Å². The van der Waals surface area contributed by atoms with Gasteiger partial charge < -0.3 is 34.7 Å². The number of aliphatic hydroxyl groups is 1. The van der Waals surface area contributed by atoms with E-state index in [-0.39, 0.29) is 12.2 Å². The third kappa shape index (κ3) is 9.41. The smallest absolute Gasteiger partial charge is 0.337 e. The zero-order chi connectivity index (χ0) is 33.9. The highest BCUT2D eigenvalue weighted by atomic mass is 35.5. The number of carbonyl (C=O) groups excluding carboxylic acids is 2. The number of benzene rings is 3. The Hall–Kier alpha value is -4.71. The van der Waals surface area contributed by atoms with Crippen molar-refractivity contribution in [3.8, 4) is 17.2 Å². The number of aliphatic hydroxyl groups excluding tert-OH is 1. The van der Waals surface area contributed by atoms with Gasteiger partial charge in [0.05, 0.1) is 41.6 Å². The van der Waals surface area contributed by atoms with Crippen molar-refractivity contribution < 1.29 is 33.6 Å². The third-order valence-electron chi connectivity index (χ3n) is 6.94. The second-order valence-electron chi connectivity index (χ2n) is 10.3. The average molecular weight is 684 g/mol. The van der Waals surface area contributed by atoms with Crippen LogP contribution in [0.2, 0.25) is 10.0 Å². The number of nitrogens with one attached hydrogen (secondary N) is 3. The van der Waals surface area contributed by atoms with Gasteiger partial charge in [0, 0.05) is 5.70 Å². The molecule has 2 atom stereocenters. The lowest BCUT2D eigenvalue weighted by atomic mass is 9.95. The molecule has 1 heterocycles. The molecular formula is C34H36Cl2N4O7. The second-order valence-corrected chi connectivity index (χ2v) is 11.1. The van der Waals surface area contributed by atoms with Crippen LogP contribution in [0.1, 0.15) is 42.1 Å². The van der Waals surface area contributed by atoms with Crippen LogP contribution in [0, 0.1) is 0 Å². The van der Waals surface area contributed by atoms with E-state index in [0.717, 1.165) is 16.7 Å². The van der Waals surface area contributed by atoms with Gasteiger partial charge in [-0.3, -0.25) is 5.43 Å². The number of esters is 1. The molecule has 4 N–H and O–H groups in total. The lowest BCUT2D eigenvalue weighted by Crippen LogP contribution is -2.45. The molecule has 4 rings (SSSR count). The van der Waals surface area contributed by atoms with E-state index in [4.69, 9.17) is 42.1 Å². The molecule has 0 spiro atoms. The monoisotopic (exact) mass is 682 g/mol. The van der Waals surface area contributed by atoms with Gasteiger partial charge in [-0.2, -0.15) is 5.10 Å². The number of carbonyl (C=O) groups is 2. The van der Waals surface area contributed by atoms with Crippen LogP contribution in [0.3, 0.4) is 0 Å². The van der Waals surface area contributed by atoms with Crippen LogP contribution in [0.5, 0.6) is 17.2 Å². The Morgan fingerprint density at radius 3 is 2.57 bits per heavy atom. The topological polar surface area (TPSA) is 140 Å². The minimum absolute atomic E-state index is 0.156. The van der Waals surface area contributed by atoms with Crippen LogP contribution in [0.25, 0.3) is 0 Å². The predicted octanol–water partition coefficient (Wildman–Crippen LogP) is 5.82. The van der Waals surface area contributed by atoms with Crippen molar-refractivity contribution in [3.63, 3.8) is 0 Å². The number of nitrogens with zero attached hydrogens (tertiary/aromatic N) is 1. The quantitative estimate of drug-likeness (QED) is 0.0517. The maximum absolute atomic E-state index is 12.5. The van der Waals surface area contributed by atoms with Crippen molar-refractivity contribution in [3.05, 3.63) is 111 Å². The summed E-state index contributed by atoms with van der Waals surface area (Å²) in [5.41, 5.74) is 6.46. The van der Waals surface area contributed by atoms with Crippen molar-refractivity contribution >= 4 is 41.4 Å². The van der Waals surface area contributed by atoms with E-state index in [0.29, 0.717) is 58.2 Å². The Bertz CT molecular complexity index is 1680. The van der Waals surface area contributed by atoms with Gasteiger partial charge in [-0.25, -0.2) is 9.59 Å². The highest BCUT2D eigenvalue weighted by molar-refractivity contribution is 6.42. The van der Waals surface area contributed by atoms with Crippen LogP contribution in [-0.4, -0.2) is 49.9 Å². The summed E-state index contributed by atoms with van der Waals surface area (Å²) in [5, 5.41) is 20.9. The first-order valence-electron chi connectivity index (χ1n) is 14.7. The van der Waals surface area contributed by atoms with E-state index < -0.39 is 24.3 Å². The van der Waals surface area contributed by atoms with E-state index in [9.17, 15) is 14.7 Å². The number of hydrogen-bond acceptors (Lipinski definition) is 9. The van der Waals surface area contributed by atoms with Crippen molar-refractivity contribution in [1.82, 2.24) is 16.1 Å². The summed E-state index contributed by atoms with van der Waals surface area (Å²) in [7, 11) is 1.27. The molecule has 0 saturated heterocycles. The second kappa shape index (κ2) is 16.7. The van der Waals surface area contributed by atoms with E-state index in [2.05, 4.69) is 27.7 Å². The molecule has 0 radical (unpaired) electrons. The standard InChI is InChI=1S/C34H36Cl2N4O7/c1-5-7-23-14-21(9-12-27(23)46-18-22-8-11-25(35)26(36)15-22)17-37-40-30(41)19-47-28-13-10-24(16-29(28)45-6-2)32-31(33(42)44-4)20(3)38-34(43)39-32/h5,8-17,30,32,40-41H,1,6-7,18-19H2,2-4H3,(H2,38,39,43)/b37-17-/t30-,32-/m1/s1. The van der Waals surface area contributed by atoms with E-state index in [1.165, 1.54) is 7.11 Å². The number of hydrogen-bond donors (Lipinski definition) is 4. The predicted molar refractivity (Wildman–Crippen MR) is 180 cm³/mol. The lowest BCUT2D eigenvalue weighted by molar-refractivity contribution is -0.136. The maximum atomic E-state index is 12.5. The molecule has 0 aliphatic carbocycles. The first-order valence-corrected chi connectivity index (χ1v) is 15.4. The summed E-state index contributed by atoms with van der Waals surface area (Å²) >= 11 is 12.1. The van der Waals surface area contributed by atoms with Crippen molar-refractivity contribution in [2.75, 3.05) is 20.3 Å². The molecule has 13 heteroatoms. The first-order chi connectivity index (χ1) is 22.6. The van der Waals surface area contributed by atoms with Crippen LogP contribution >= 0.6 is 23.2 Å². The van der Waals surface area contributed by atoms with Gasteiger partial charge in [0.25, 0.3) is 0 Å². The van der Waals surface area contributed by atoms with Crippen LogP contribution in [-0.2, 0) is 22.6 Å².